The molecular formula is C24H20F2N2O2S. The van der Waals surface area contributed by atoms with Crippen LogP contribution >= 0.6 is 0 Å². The molecule has 0 spiro atoms. The van der Waals surface area contributed by atoms with Crippen LogP contribution in [0, 0.1) is 17.6 Å². The van der Waals surface area contributed by atoms with Gasteiger partial charge in [-0.25, -0.2) is 17.2 Å². The molecule has 0 amide bonds. The molecule has 5 rings (SSSR count). The van der Waals surface area contributed by atoms with Gasteiger partial charge in [0.05, 0.1) is 16.6 Å². The summed E-state index contributed by atoms with van der Waals surface area (Å²) in [5.74, 6) is -0.685. The van der Waals surface area contributed by atoms with Crippen molar-refractivity contribution >= 4 is 21.4 Å². The molecule has 1 aliphatic heterocycles. The number of benzene rings is 3. The molecule has 0 unspecified atom stereocenters. The Balaban J connectivity index is 1.50. The highest BCUT2D eigenvalue weighted by atomic mass is 32.2. The number of anilines is 2. The molecule has 0 radical (unpaired) electrons. The third kappa shape index (κ3) is 3.59. The van der Waals surface area contributed by atoms with Crippen molar-refractivity contribution in [2.45, 2.75) is 23.3 Å². The minimum absolute atomic E-state index is 0.00732. The molecule has 0 saturated carbocycles. The summed E-state index contributed by atoms with van der Waals surface area (Å²) < 4.78 is 55.5. The van der Waals surface area contributed by atoms with Crippen LogP contribution in [0.3, 0.4) is 0 Å². The zero-order valence-electron chi connectivity index (χ0n) is 16.4. The summed E-state index contributed by atoms with van der Waals surface area (Å²) in [7, 11) is -3.95. The lowest BCUT2D eigenvalue weighted by Gasteiger charge is -2.37. The predicted molar refractivity (Wildman–Crippen MR) is 116 cm³/mol. The fourth-order valence-electron chi connectivity index (χ4n) is 4.49. The number of sulfonamides is 1. The van der Waals surface area contributed by atoms with Crippen LogP contribution in [0.5, 0.6) is 0 Å². The number of rotatable bonds is 4. The van der Waals surface area contributed by atoms with E-state index in [4.69, 9.17) is 0 Å². The average Bonchev–Trinajstić information content (AvgIpc) is 3.25. The van der Waals surface area contributed by atoms with E-state index in [2.05, 4.69) is 22.2 Å². The second-order valence-electron chi connectivity index (χ2n) is 7.86. The highest BCUT2D eigenvalue weighted by Gasteiger charge is 2.38. The number of para-hydroxylation sites is 1. The molecule has 3 aromatic carbocycles. The second kappa shape index (κ2) is 7.50. The standard InChI is InChI=1S/C24H20F2N2O2S/c25-16-10-8-15(9-11-16)24-19-5-3-4-18(19)20-14-17(12-13-22(20)27-24)31(29,30)28-23-7-2-1-6-21(23)26/h1-4,6-14,18-19,24,27-28H,5H2/t18-,19-,24-/m0/s1. The quantitative estimate of drug-likeness (QED) is 0.522. The zero-order chi connectivity index (χ0) is 21.6. The fraction of sp³-hybridized carbons (Fsp3) is 0.167. The van der Waals surface area contributed by atoms with E-state index >= 15 is 0 Å². The maximum absolute atomic E-state index is 13.9. The minimum atomic E-state index is -3.95. The van der Waals surface area contributed by atoms with Crippen molar-refractivity contribution in [3.63, 3.8) is 0 Å². The van der Waals surface area contributed by atoms with E-state index in [1.165, 1.54) is 36.4 Å². The molecule has 4 nitrogen and oxygen atoms in total. The molecule has 0 bridgehead atoms. The van der Waals surface area contributed by atoms with Crippen LogP contribution in [0.15, 0.2) is 83.8 Å². The summed E-state index contributed by atoms with van der Waals surface area (Å²) in [6, 6.07) is 17.0. The first-order valence-electron chi connectivity index (χ1n) is 10.0. The van der Waals surface area contributed by atoms with Gasteiger partial charge in [0.1, 0.15) is 11.6 Å². The summed E-state index contributed by atoms with van der Waals surface area (Å²) in [5, 5.41) is 3.50. The molecule has 0 fully saturated rings. The van der Waals surface area contributed by atoms with E-state index in [0.717, 1.165) is 23.2 Å². The first-order chi connectivity index (χ1) is 14.9. The van der Waals surface area contributed by atoms with Gasteiger partial charge in [0, 0.05) is 11.6 Å². The number of nitrogens with one attached hydrogen (secondary N) is 2. The monoisotopic (exact) mass is 438 g/mol. The third-order valence-corrected chi connectivity index (χ3v) is 7.36. The van der Waals surface area contributed by atoms with Gasteiger partial charge in [-0.05, 0) is 65.9 Å². The Hall–Kier alpha value is -3.19. The van der Waals surface area contributed by atoms with Crippen LogP contribution in [0.25, 0.3) is 0 Å². The molecule has 158 valence electrons. The molecule has 2 N–H and O–H groups in total. The Morgan fingerprint density at radius 1 is 0.968 bits per heavy atom. The largest absolute Gasteiger partial charge is 0.378 e. The van der Waals surface area contributed by atoms with Crippen LogP contribution in [0.1, 0.15) is 29.5 Å². The van der Waals surface area contributed by atoms with E-state index in [9.17, 15) is 17.2 Å². The van der Waals surface area contributed by atoms with Crippen LogP contribution < -0.4 is 10.0 Å². The van der Waals surface area contributed by atoms with Crippen molar-refractivity contribution in [1.82, 2.24) is 0 Å². The maximum atomic E-state index is 13.9. The number of hydrogen-bond acceptors (Lipinski definition) is 3. The summed E-state index contributed by atoms with van der Waals surface area (Å²) in [6.45, 7) is 0. The number of fused-ring (bicyclic) bond motifs is 3. The van der Waals surface area contributed by atoms with Crippen molar-refractivity contribution in [1.29, 1.82) is 0 Å². The first kappa shape index (κ1) is 19.8. The van der Waals surface area contributed by atoms with Gasteiger partial charge in [-0.3, -0.25) is 4.72 Å². The summed E-state index contributed by atoms with van der Waals surface area (Å²) >= 11 is 0. The molecule has 3 atom stereocenters. The zero-order valence-corrected chi connectivity index (χ0v) is 17.2. The van der Waals surface area contributed by atoms with Crippen molar-refractivity contribution in [3.8, 4) is 0 Å². The minimum Gasteiger partial charge on any atom is -0.378 e. The van der Waals surface area contributed by atoms with Crippen molar-refractivity contribution in [2.75, 3.05) is 10.0 Å². The third-order valence-electron chi connectivity index (χ3n) is 5.99. The lowest BCUT2D eigenvalue weighted by Crippen LogP contribution is -2.29. The van der Waals surface area contributed by atoms with Gasteiger partial charge >= 0.3 is 0 Å². The van der Waals surface area contributed by atoms with E-state index in [1.54, 1.807) is 30.3 Å². The predicted octanol–water partition coefficient (Wildman–Crippen LogP) is 5.59. The molecule has 31 heavy (non-hydrogen) atoms. The molecule has 3 aromatic rings. The average molecular weight is 438 g/mol. The Kier molecular flexibility index (Phi) is 4.78. The van der Waals surface area contributed by atoms with E-state index < -0.39 is 15.8 Å². The van der Waals surface area contributed by atoms with Gasteiger partial charge in [-0.1, -0.05) is 36.4 Å². The molecule has 1 heterocycles. The summed E-state index contributed by atoms with van der Waals surface area (Å²) in [5.41, 5.74) is 2.62. The summed E-state index contributed by atoms with van der Waals surface area (Å²) in [4.78, 5) is 0.0792. The number of hydrogen-bond donors (Lipinski definition) is 2. The molecule has 7 heteroatoms. The highest BCUT2D eigenvalue weighted by Crippen LogP contribution is 2.50. The molecule has 1 aliphatic carbocycles. The molecule has 2 aliphatic rings. The van der Waals surface area contributed by atoms with Crippen LogP contribution in [-0.2, 0) is 10.0 Å². The second-order valence-corrected chi connectivity index (χ2v) is 9.54. The van der Waals surface area contributed by atoms with Crippen molar-refractivity contribution in [3.05, 3.63) is 102 Å². The van der Waals surface area contributed by atoms with E-state index in [-0.39, 0.29) is 34.3 Å². The van der Waals surface area contributed by atoms with Gasteiger partial charge in [-0.2, -0.15) is 0 Å². The SMILES string of the molecule is O=S(=O)(Nc1ccccc1F)c1ccc2c(c1)[C@H]1C=CC[C@@H]1[C@H](c1ccc(F)cc1)N2. The summed E-state index contributed by atoms with van der Waals surface area (Å²) in [6.07, 6.45) is 5.03. The van der Waals surface area contributed by atoms with Gasteiger partial charge < -0.3 is 5.32 Å². The molecule has 0 aromatic heterocycles. The van der Waals surface area contributed by atoms with Crippen LogP contribution in [0.4, 0.5) is 20.2 Å². The smallest absolute Gasteiger partial charge is 0.261 e. The number of allylic oxidation sites excluding steroid dienone is 2. The van der Waals surface area contributed by atoms with E-state index in [1.807, 2.05) is 0 Å². The van der Waals surface area contributed by atoms with Crippen LogP contribution in [-0.4, -0.2) is 8.42 Å². The Morgan fingerprint density at radius 2 is 1.74 bits per heavy atom. The Bertz CT molecular complexity index is 1270. The topological polar surface area (TPSA) is 58.2 Å². The first-order valence-corrected chi connectivity index (χ1v) is 11.5. The van der Waals surface area contributed by atoms with Gasteiger partial charge in [0.25, 0.3) is 10.0 Å². The van der Waals surface area contributed by atoms with Gasteiger partial charge in [0.2, 0.25) is 0 Å². The van der Waals surface area contributed by atoms with Gasteiger partial charge in [-0.15, -0.1) is 0 Å². The lowest BCUT2D eigenvalue weighted by molar-refractivity contribution is 0.424. The lowest BCUT2D eigenvalue weighted by atomic mass is 9.77. The fourth-order valence-corrected chi connectivity index (χ4v) is 5.59. The normalized spacial score (nSPS) is 21.8. The molecule has 0 saturated heterocycles. The van der Waals surface area contributed by atoms with E-state index in [0.29, 0.717) is 0 Å². The maximum Gasteiger partial charge on any atom is 0.261 e. The van der Waals surface area contributed by atoms with Crippen LogP contribution in [0.2, 0.25) is 0 Å². The Labute approximate surface area is 179 Å². The van der Waals surface area contributed by atoms with Gasteiger partial charge in [0.15, 0.2) is 0 Å². The Morgan fingerprint density at radius 3 is 2.52 bits per heavy atom. The van der Waals surface area contributed by atoms with Crippen molar-refractivity contribution in [2.24, 2.45) is 5.92 Å². The highest BCUT2D eigenvalue weighted by molar-refractivity contribution is 7.92. The number of halogens is 2. The van der Waals surface area contributed by atoms with Crippen molar-refractivity contribution < 1.29 is 17.2 Å². The molecular weight excluding hydrogens is 418 g/mol.